The highest BCUT2D eigenvalue weighted by Crippen LogP contribution is 2.13. The molecule has 4 heteroatoms. The van der Waals surface area contributed by atoms with Crippen LogP contribution in [0.15, 0.2) is 46.7 Å². The van der Waals surface area contributed by atoms with Gasteiger partial charge in [-0.3, -0.25) is 9.98 Å². The average Bonchev–Trinajstić information content (AvgIpc) is 2.71. The minimum atomic E-state index is 0.905. The number of hydrogen-bond acceptors (Lipinski definition) is 4. The van der Waals surface area contributed by atoms with E-state index in [0.717, 1.165) is 30.1 Å². The van der Waals surface area contributed by atoms with Crippen LogP contribution in [0.1, 0.15) is 58.6 Å². The molecule has 142 valence electrons. The third-order valence-corrected chi connectivity index (χ3v) is 4.94. The molecule has 1 aliphatic heterocycles. The van der Waals surface area contributed by atoms with Crippen LogP contribution in [0.3, 0.4) is 0 Å². The molecule has 1 saturated heterocycles. The second-order valence-electron chi connectivity index (χ2n) is 6.88. The van der Waals surface area contributed by atoms with Gasteiger partial charge in [0.05, 0.1) is 23.3 Å². The first-order valence-corrected chi connectivity index (χ1v) is 10.0. The predicted molar refractivity (Wildman–Crippen MR) is 112 cm³/mol. The van der Waals surface area contributed by atoms with E-state index in [4.69, 9.17) is 4.99 Å². The monoisotopic (exact) mass is 354 g/mol. The highest BCUT2D eigenvalue weighted by molar-refractivity contribution is 5.84. The lowest BCUT2D eigenvalue weighted by molar-refractivity contribution is 0.226. The highest BCUT2D eigenvalue weighted by Gasteiger charge is 2.09. The molecule has 1 aromatic heterocycles. The third-order valence-electron chi connectivity index (χ3n) is 4.94. The van der Waals surface area contributed by atoms with Gasteiger partial charge in [-0.2, -0.15) is 0 Å². The minimum Gasteiger partial charge on any atom is -0.384 e. The maximum Gasteiger partial charge on any atom is 0.0882 e. The maximum atomic E-state index is 4.69. The first-order valence-electron chi connectivity index (χ1n) is 10.0. The average molecular weight is 355 g/mol. The van der Waals surface area contributed by atoms with Gasteiger partial charge in [0.25, 0.3) is 0 Å². The Morgan fingerprint density at radius 1 is 1.27 bits per heavy atom. The van der Waals surface area contributed by atoms with Crippen LogP contribution in [0, 0.1) is 0 Å². The molecule has 0 bridgehead atoms. The predicted octanol–water partition coefficient (Wildman–Crippen LogP) is 4.66. The highest BCUT2D eigenvalue weighted by atomic mass is 15.1. The molecule has 0 saturated carbocycles. The van der Waals surface area contributed by atoms with Crippen molar-refractivity contribution in [1.29, 1.82) is 0 Å². The molecule has 0 amide bonds. The summed E-state index contributed by atoms with van der Waals surface area (Å²) >= 11 is 0. The summed E-state index contributed by atoms with van der Waals surface area (Å²) in [4.78, 5) is 11.7. The molecule has 1 N–H and O–H groups in total. The summed E-state index contributed by atoms with van der Waals surface area (Å²) in [6.07, 6.45) is 12.1. The van der Waals surface area contributed by atoms with E-state index in [0.29, 0.717) is 0 Å². The van der Waals surface area contributed by atoms with Gasteiger partial charge < -0.3 is 10.2 Å². The van der Waals surface area contributed by atoms with Gasteiger partial charge in [-0.1, -0.05) is 25.5 Å². The smallest absolute Gasteiger partial charge is 0.0882 e. The largest absolute Gasteiger partial charge is 0.384 e. The first kappa shape index (κ1) is 20.4. The van der Waals surface area contributed by atoms with Gasteiger partial charge in [-0.05, 0) is 76.9 Å². The molecule has 0 aromatic carbocycles. The van der Waals surface area contributed by atoms with Crippen LogP contribution in [-0.2, 0) is 0 Å². The molecule has 1 aliphatic rings. The van der Waals surface area contributed by atoms with Gasteiger partial charge in [-0.25, -0.2) is 0 Å². The Hall–Kier alpha value is -1.94. The number of aromatic nitrogens is 1. The van der Waals surface area contributed by atoms with Crippen molar-refractivity contribution in [3.05, 3.63) is 47.4 Å². The van der Waals surface area contributed by atoms with Crippen molar-refractivity contribution in [2.45, 2.75) is 52.9 Å². The summed E-state index contributed by atoms with van der Waals surface area (Å²) in [5.41, 5.74) is 4.29. The number of piperidine rings is 1. The molecule has 2 rings (SSSR count). The SMILES string of the molecule is C\C=C(/N=C/C(NCCCN1CCCCC1)=C(\C)CC)c1ccccn1. The van der Waals surface area contributed by atoms with E-state index >= 15 is 0 Å². The van der Waals surface area contributed by atoms with E-state index < -0.39 is 0 Å². The maximum absolute atomic E-state index is 4.69. The van der Waals surface area contributed by atoms with Crippen LogP contribution in [0.2, 0.25) is 0 Å². The van der Waals surface area contributed by atoms with E-state index in [1.54, 1.807) is 6.20 Å². The minimum absolute atomic E-state index is 0.905. The molecule has 0 spiro atoms. The van der Waals surface area contributed by atoms with E-state index in [1.807, 2.05) is 37.4 Å². The Kier molecular flexibility index (Phi) is 9.11. The molecule has 26 heavy (non-hydrogen) atoms. The Bertz CT molecular complexity index is 610. The molecule has 0 radical (unpaired) electrons. The fourth-order valence-corrected chi connectivity index (χ4v) is 3.14. The van der Waals surface area contributed by atoms with Crippen molar-refractivity contribution in [3.63, 3.8) is 0 Å². The van der Waals surface area contributed by atoms with Crippen LogP contribution in [-0.4, -0.2) is 42.3 Å². The second-order valence-corrected chi connectivity index (χ2v) is 6.88. The Morgan fingerprint density at radius 2 is 2.08 bits per heavy atom. The number of allylic oxidation sites excluding steroid dienone is 3. The lowest BCUT2D eigenvalue weighted by Gasteiger charge is -2.26. The van der Waals surface area contributed by atoms with E-state index in [1.165, 1.54) is 50.9 Å². The first-order chi connectivity index (χ1) is 12.7. The normalized spacial score (nSPS) is 17.4. The zero-order chi connectivity index (χ0) is 18.6. The summed E-state index contributed by atoms with van der Waals surface area (Å²) < 4.78 is 0. The van der Waals surface area contributed by atoms with Crippen molar-refractivity contribution in [1.82, 2.24) is 15.2 Å². The fourth-order valence-electron chi connectivity index (χ4n) is 3.14. The third kappa shape index (κ3) is 6.75. The summed E-state index contributed by atoms with van der Waals surface area (Å²) in [5, 5.41) is 3.60. The van der Waals surface area contributed by atoms with Gasteiger partial charge in [0, 0.05) is 12.7 Å². The molecular weight excluding hydrogens is 320 g/mol. The van der Waals surface area contributed by atoms with Crippen molar-refractivity contribution in [2.75, 3.05) is 26.2 Å². The van der Waals surface area contributed by atoms with Gasteiger partial charge >= 0.3 is 0 Å². The van der Waals surface area contributed by atoms with Crippen molar-refractivity contribution in [3.8, 4) is 0 Å². The molecule has 1 fully saturated rings. The number of rotatable bonds is 9. The van der Waals surface area contributed by atoms with E-state index in [9.17, 15) is 0 Å². The molecule has 1 aromatic rings. The number of pyridine rings is 1. The number of hydrogen-bond donors (Lipinski definition) is 1. The Balaban J connectivity index is 1.90. The number of nitrogens with one attached hydrogen (secondary N) is 1. The summed E-state index contributed by atoms with van der Waals surface area (Å²) in [5.74, 6) is 0. The molecule has 0 atom stereocenters. The van der Waals surface area contributed by atoms with Crippen LogP contribution in [0.25, 0.3) is 5.70 Å². The van der Waals surface area contributed by atoms with Crippen LogP contribution < -0.4 is 5.32 Å². The van der Waals surface area contributed by atoms with E-state index in [2.05, 4.69) is 29.0 Å². The number of nitrogens with zero attached hydrogens (tertiary/aromatic N) is 3. The van der Waals surface area contributed by atoms with Crippen LogP contribution in [0.5, 0.6) is 0 Å². The standard InChI is InChI=1S/C22H34N4/c1-4-19(3)22(24-14-11-17-26-15-9-6-10-16-26)18-25-20(5-2)21-12-7-8-13-23-21/h5,7-8,12-13,18,24H,4,6,9-11,14-17H2,1-3H3/b20-5-,22-19-,25-18+. The van der Waals surface area contributed by atoms with Gasteiger partial charge in [0.15, 0.2) is 0 Å². The van der Waals surface area contributed by atoms with Crippen molar-refractivity contribution >= 4 is 11.9 Å². The summed E-state index contributed by atoms with van der Waals surface area (Å²) in [6, 6.07) is 5.92. The quantitative estimate of drug-likeness (QED) is 0.518. The van der Waals surface area contributed by atoms with Crippen LogP contribution >= 0.6 is 0 Å². The van der Waals surface area contributed by atoms with Crippen LogP contribution in [0.4, 0.5) is 0 Å². The Morgan fingerprint density at radius 3 is 2.73 bits per heavy atom. The van der Waals surface area contributed by atoms with E-state index in [-0.39, 0.29) is 0 Å². The Labute approximate surface area is 159 Å². The lowest BCUT2D eigenvalue weighted by atomic mass is 10.1. The summed E-state index contributed by atoms with van der Waals surface area (Å²) in [7, 11) is 0. The van der Waals surface area contributed by atoms with Crippen molar-refractivity contribution < 1.29 is 0 Å². The zero-order valence-corrected chi connectivity index (χ0v) is 16.7. The van der Waals surface area contributed by atoms with Gasteiger partial charge in [-0.15, -0.1) is 0 Å². The molecule has 4 nitrogen and oxygen atoms in total. The summed E-state index contributed by atoms with van der Waals surface area (Å²) in [6.45, 7) is 11.1. The van der Waals surface area contributed by atoms with Gasteiger partial charge in [0.2, 0.25) is 0 Å². The topological polar surface area (TPSA) is 40.5 Å². The number of likely N-dealkylation sites (tertiary alicyclic amines) is 1. The molecule has 0 unspecified atom stereocenters. The fraction of sp³-hybridized carbons (Fsp3) is 0.545. The lowest BCUT2D eigenvalue weighted by Crippen LogP contribution is -2.32. The second kappa shape index (κ2) is 11.6. The van der Waals surface area contributed by atoms with Gasteiger partial charge in [0.1, 0.15) is 0 Å². The molecule has 2 heterocycles. The molecular formula is C22H34N4. The molecule has 0 aliphatic carbocycles. The zero-order valence-electron chi connectivity index (χ0n) is 16.7. The number of aliphatic imine (C=N–C) groups is 1. The van der Waals surface area contributed by atoms with Crippen molar-refractivity contribution in [2.24, 2.45) is 4.99 Å².